The fourth-order valence-electron chi connectivity index (χ4n) is 2.54. The van der Waals surface area contributed by atoms with Crippen LogP contribution in [0.2, 0.25) is 4.34 Å². The second kappa shape index (κ2) is 7.01. The van der Waals surface area contributed by atoms with Gasteiger partial charge in [0.25, 0.3) is 0 Å². The van der Waals surface area contributed by atoms with Gasteiger partial charge in [-0.3, -0.25) is 4.90 Å². The van der Waals surface area contributed by atoms with E-state index in [1.54, 1.807) is 12.3 Å². The van der Waals surface area contributed by atoms with Crippen LogP contribution < -0.4 is 5.32 Å². The van der Waals surface area contributed by atoms with Gasteiger partial charge in [0.2, 0.25) is 0 Å². The van der Waals surface area contributed by atoms with Crippen LogP contribution in [-0.2, 0) is 6.54 Å². The van der Waals surface area contributed by atoms with Gasteiger partial charge in [-0.2, -0.15) is 5.26 Å². The maximum Gasteiger partial charge on any atom is 0.138 e. The number of likely N-dealkylation sites (tertiary alicyclic amines) is 1. The number of pyridine rings is 1. The van der Waals surface area contributed by atoms with Gasteiger partial charge in [0, 0.05) is 37.4 Å². The summed E-state index contributed by atoms with van der Waals surface area (Å²) in [5.74, 6) is 1.38. The van der Waals surface area contributed by atoms with Gasteiger partial charge in [0.05, 0.1) is 5.56 Å². The number of anilines is 1. The summed E-state index contributed by atoms with van der Waals surface area (Å²) in [6.07, 6.45) is 2.72. The van der Waals surface area contributed by atoms with Gasteiger partial charge < -0.3 is 5.32 Å². The fraction of sp³-hybridized carbons (Fsp3) is 0.429. The van der Waals surface area contributed by atoms with Crippen molar-refractivity contribution < 1.29 is 0 Å². The highest BCUT2D eigenvalue weighted by Crippen LogP contribution is 2.23. The maximum atomic E-state index is 8.75. The number of nitrogens with zero attached hydrogens (tertiary/aromatic N) is 5. The topological polar surface area (TPSA) is 77.7 Å². The Bertz CT molecular complexity index is 665. The monoisotopic (exact) mass is 334 g/mol. The number of nitrogens with one attached hydrogen (secondary N) is 1. The molecule has 2 aromatic rings. The molecule has 1 saturated heterocycles. The van der Waals surface area contributed by atoms with Crippen LogP contribution in [0.5, 0.6) is 0 Å². The van der Waals surface area contributed by atoms with Crippen LogP contribution in [-0.4, -0.2) is 39.1 Å². The molecule has 2 aromatic heterocycles. The predicted molar refractivity (Wildman–Crippen MR) is 85.7 cm³/mol. The van der Waals surface area contributed by atoms with E-state index in [-0.39, 0.29) is 0 Å². The molecule has 8 heteroatoms. The summed E-state index contributed by atoms with van der Waals surface area (Å²) in [5, 5.41) is 16.1. The van der Waals surface area contributed by atoms with E-state index in [1.165, 1.54) is 11.5 Å². The Morgan fingerprint density at radius 3 is 3.09 bits per heavy atom. The third-order valence-corrected chi connectivity index (χ3v) is 4.70. The quantitative estimate of drug-likeness (QED) is 0.904. The summed E-state index contributed by atoms with van der Waals surface area (Å²) < 4.78 is 4.55. The SMILES string of the molecule is N#Cc1ccc(NCC2CCN(Cc3nnsc3Cl)C2)nc1. The lowest BCUT2D eigenvalue weighted by Gasteiger charge is -2.15. The Morgan fingerprint density at radius 1 is 1.50 bits per heavy atom. The van der Waals surface area contributed by atoms with Crippen molar-refractivity contribution in [3.63, 3.8) is 0 Å². The van der Waals surface area contributed by atoms with Gasteiger partial charge in [-0.25, -0.2) is 4.98 Å². The third-order valence-electron chi connectivity index (χ3n) is 3.72. The van der Waals surface area contributed by atoms with Crippen molar-refractivity contribution in [3.8, 4) is 6.07 Å². The zero-order valence-corrected chi connectivity index (χ0v) is 13.4. The molecule has 0 bridgehead atoms. The first-order valence-corrected chi connectivity index (χ1v) is 8.19. The Labute approximate surface area is 137 Å². The lowest BCUT2D eigenvalue weighted by Crippen LogP contribution is -2.23. The van der Waals surface area contributed by atoms with Crippen molar-refractivity contribution >= 4 is 29.0 Å². The first kappa shape index (κ1) is 15.2. The van der Waals surface area contributed by atoms with Gasteiger partial charge >= 0.3 is 0 Å². The minimum atomic E-state index is 0.572. The highest BCUT2D eigenvalue weighted by Gasteiger charge is 2.23. The zero-order chi connectivity index (χ0) is 15.4. The number of nitriles is 1. The van der Waals surface area contributed by atoms with Crippen LogP contribution in [0.15, 0.2) is 18.3 Å². The molecular weight excluding hydrogens is 320 g/mol. The van der Waals surface area contributed by atoms with Gasteiger partial charge in [-0.15, -0.1) is 5.10 Å². The van der Waals surface area contributed by atoms with Crippen LogP contribution in [0.3, 0.4) is 0 Å². The first-order chi connectivity index (χ1) is 10.7. The minimum Gasteiger partial charge on any atom is -0.370 e. The van der Waals surface area contributed by atoms with Crippen molar-refractivity contribution in [1.29, 1.82) is 5.26 Å². The molecular formula is C14H15ClN6S. The normalized spacial score (nSPS) is 18.3. The van der Waals surface area contributed by atoms with Crippen LogP contribution in [0.4, 0.5) is 5.82 Å². The molecule has 3 heterocycles. The largest absolute Gasteiger partial charge is 0.370 e. The van der Waals surface area contributed by atoms with E-state index in [0.717, 1.165) is 44.1 Å². The van der Waals surface area contributed by atoms with E-state index < -0.39 is 0 Å². The van der Waals surface area contributed by atoms with E-state index in [0.29, 0.717) is 15.8 Å². The van der Waals surface area contributed by atoms with Gasteiger partial charge in [0.1, 0.15) is 21.9 Å². The number of rotatable bonds is 5. The van der Waals surface area contributed by atoms with E-state index in [9.17, 15) is 0 Å². The molecule has 0 aliphatic carbocycles. The van der Waals surface area contributed by atoms with Crippen molar-refractivity contribution in [2.24, 2.45) is 5.92 Å². The van der Waals surface area contributed by atoms with Crippen molar-refractivity contribution in [1.82, 2.24) is 19.5 Å². The molecule has 1 aliphatic rings. The average molecular weight is 335 g/mol. The van der Waals surface area contributed by atoms with E-state index in [2.05, 4.69) is 30.9 Å². The van der Waals surface area contributed by atoms with Crippen LogP contribution in [0.1, 0.15) is 17.7 Å². The summed E-state index contributed by atoms with van der Waals surface area (Å²) >= 11 is 7.28. The lowest BCUT2D eigenvalue weighted by atomic mass is 10.1. The molecule has 1 N–H and O–H groups in total. The molecule has 114 valence electrons. The standard InChI is InChI=1S/C14H15ClN6S/c15-14-12(19-20-22-14)9-21-4-3-11(8-21)7-18-13-2-1-10(5-16)6-17-13/h1-2,6,11H,3-4,7-9H2,(H,17,18). The molecule has 22 heavy (non-hydrogen) atoms. The maximum absolute atomic E-state index is 8.75. The Morgan fingerprint density at radius 2 is 2.41 bits per heavy atom. The van der Waals surface area contributed by atoms with Crippen LogP contribution in [0, 0.1) is 17.2 Å². The summed E-state index contributed by atoms with van der Waals surface area (Å²) in [7, 11) is 0. The van der Waals surface area contributed by atoms with Gasteiger partial charge in [0.15, 0.2) is 0 Å². The highest BCUT2D eigenvalue weighted by atomic mass is 35.5. The lowest BCUT2D eigenvalue weighted by molar-refractivity contribution is 0.315. The smallest absolute Gasteiger partial charge is 0.138 e. The number of hydrogen-bond acceptors (Lipinski definition) is 7. The second-order valence-corrected chi connectivity index (χ2v) is 6.66. The Kier molecular flexibility index (Phi) is 4.83. The van der Waals surface area contributed by atoms with E-state index >= 15 is 0 Å². The molecule has 0 radical (unpaired) electrons. The van der Waals surface area contributed by atoms with E-state index in [1.807, 2.05) is 6.07 Å². The molecule has 0 spiro atoms. The van der Waals surface area contributed by atoms with Gasteiger partial charge in [-0.1, -0.05) is 16.1 Å². The molecule has 6 nitrogen and oxygen atoms in total. The molecule has 0 saturated carbocycles. The van der Waals surface area contributed by atoms with E-state index in [4.69, 9.17) is 16.9 Å². The summed E-state index contributed by atoms with van der Waals surface area (Å²) in [6, 6.07) is 5.68. The van der Waals surface area contributed by atoms with Crippen molar-refractivity contribution in [3.05, 3.63) is 33.9 Å². The summed E-state index contributed by atoms with van der Waals surface area (Å²) in [5.41, 5.74) is 1.44. The molecule has 1 atom stereocenters. The number of aromatic nitrogens is 3. The van der Waals surface area contributed by atoms with Gasteiger partial charge in [-0.05, 0) is 31.0 Å². The first-order valence-electron chi connectivity index (χ1n) is 7.03. The van der Waals surface area contributed by atoms with Crippen LogP contribution >= 0.6 is 23.1 Å². The molecule has 0 aromatic carbocycles. The highest BCUT2D eigenvalue weighted by molar-refractivity contribution is 7.10. The zero-order valence-electron chi connectivity index (χ0n) is 11.9. The number of hydrogen-bond donors (Lipinski definition) is 1. The second-order valence-electron chi connectivity index (χ2n) is 5.31. The Balaban J connectivity index is 1.46. The average Bonchev–Trinajstić information content (AvgIpc) is 3.16. The summed E-state index contributed by atoms with van der Waals surface area (Å²) in [4.78, 5) is 6.57. The number of halogens is 1. The van der Waals surface area contributed by atoms with Crippen molar-refractivity contribution in [2.75, 3.05) is 25.0 Å². The third kappa shape index (κ3) is 3.71. The Hall–Kier alpha value is -1.75. The molecule has 1 unspecified atom stereocenters. The summed E-state index contributed by atoms with van der Waals surface area (Å²) in [6.45, 7) is 3.69. The molecule has 1 fully saturated rings. The molecule has 1 aliphatic heterocycles. The van der Waals surface area contributed by atoms with Crippen LogP contribution in [0.25, 0.3) is 0 Å². The molecule has 3 rings (SSSR count). The van der Waals surface area contributed by atoms with Crippen molar-refractivity contribution in [2.45, 2.75) is 13.0 Å². The predicted octanol–water partition coefficient (Wildman–Crippen LogP) is 2.39. The minimum absolute atomic E-state index is 0.572. The molecule has 0 amide bonds. The fourth-order valence-corrected chi connectivity index (χ4v) is 3.15.